The van der Waals surface area contributed by atoms with Crippen LogP contribution in [0.4, 0.5) is 11.4 Å². The van der Waals surface area contributed by atoms with Gasteiger partial charge in [0.2, 0.25) is 0 Å². The maximum absolute atomic E-state index is 12.6. The van der Waals surface area contributed by atoms with Gasteiger partial charge in [-0.2, -0.15) is 0 Å². The molecule has 3 unspecified atom stereocenters. The molecular weight excluding hydrogens is 358 g/mol. The molecule has 3 N–H and O–H groups in total. The molecule has 1 aliphatic rings. The Morgan fingerprint density at radius 3 is 2.86 bits per heavy atom. The van der Waals surface area contributed by atoms with Crippen molar-refractivity contribution < 1.29 is 9.72 Å². The van der Waals surface area contributed by atoms with Crippen molar-refractivity contribution in [3.63, 3.8) is 0 Å². The smallest absolute Gasteiger partial charge is 0.293 e. The Bertz CT molecular complexity index is 843. The van der Waals surface area contributed by atoms with Gasteiger partial charge in [-0.3, -0.25) is 19.9 Å². The topological polar surface area (TPSA) is 109 Å². The molecule has 0 spiro atoms. The Kier molecular flexibility index (Phi) is 6.20. The minimum Gasteiger partial charge on any atom is -0.371 e. The molecule has 0 aliphatic carbocycles. The highest BCUT2D eigenvalue weighted by atomic mass is 16.6. The number of hydrogen-bond acceptors (Lipinski definition) is 6. The zero-order chi connectivity index (χ0) is 20.1. The highest BCUT2D eigenvalue weighted by Crippen LogP contribution is 2.29. The summed E-state index contributed by atoms with van der Waals surface area (Å²) in [5, 5.41) is 21.0. The Morgan fingerprint density at radius 2 is 2.18 bits per heavy atom. The average Bonchev–Trinajstić information content (AvgIpc) is 2.70. The zero-order valence-electron chi connectivity index (χ0n) is 16.0. The number of nitro benzene ring substituents is 1. The van der Waals surface area contributed by atoms with E-state index in [2.05, 4.69) is 27.9 Å². The van der Waals surface area contributed by atoms with E-state index in [4.69, 9.17) is 0 Å². The lowest BCUT2D eigenvalue weighted by molar-refractivity contribution is -0.384. The monoisotopic (exact) mass is 383 g/mol. The number of carbonyl (C=O) groups is 1. The van der Waals surface area contributed by atoms with Crippen molar-refractivity contribution in [2.75, 3.05) is 18.4 Å². The van der Waals surface area contributed by atoms with E-state index in [1.807, 2.05) is 25.1 Å². The van der Waals surface area contributed by atoms with Crippen molar-refractivity contribution in [1.82, 2.24) is 15.6 Å². The summed E-state index contributed by atoms with van der Waals surface area (Å²) in [4.78, 5) is 28.0. The van der Waals surface area contributed by atoms with Crippen LogP contribution in [0.2, 0.25) is 0 Å². The van der Waals surface area contributed by atoms with Crippen molar-refractivity contribution in [1.29, 1.82) is 0 Å². The van der Waals surface area contributed by atoms with E-state index in [1.165, 1.54) is 6.07 Å². The molecule has 2 aromatic rings. The summed E-state index contributed by atoms with van der Waals surface area (Å²) < 4.78 is 0. The number of carbonyl (C=O) groups excluding carboxylic acids is 1. The third-order valence-corrected chi connectivity index (χ3v) is 5.06. The van der Waals surface area contributed by atoms with Crippen LogP contribution in [-0.4, -0.2) is 34.9 Å². The maximum Gasteiger partial charge on any atom is 0.293 e. The summed E-state index contributed by atoms with van der Waals surface area (Å²) >= 11 is 0. The summed E-state index contributed by atoms with van der Waals surface area (Å²) in [5.74, 6) is 0.0269. The van der Waals surface area contributed by atoms with Crippen LogP contribution < -0.4 is 16.0 Å². The quantitative estimate of drug-likeness (QED) is 0.523. The highest BCUT2D eigenvalue weighted by Gasteiger charge is 2.25. The maximum atomic E-state index is 12.6. The number of nitrogens with zero attached hydrogens (tertiary/aromatic N) is 2. The van der Waals surface area contributed by atoms with Gasteiger partial charge in [0.15, 0.2) is 0 Å². The van der Waals surface area contributed by atoms with Crippen LogP contribution in [0.5, 0.6) is 0 Å². The molecule has 8 heteroatoms. The first kappa shape index (κ1) is 19.8. The molecule has 1 aliphatic heterocycles. The molecule has 1 fully saturated rings. The molecule has 148 valence electrons. The first-order valence-corrected chi connectivity index (χ1v) is 9.43. The average molecular weight is 383 g/mol. The molecule has 3 rings (SSSR count). The molecule has 0 saturated carbocycles. The van der Waals surface area contributed by atoms with Gasteiger partial charge in [0.05, 0.1) is 16.7 Å². The Hall–Kier alpha value is -3.00. The van der Waals surface area contributed by atoms with E-state index in [9.17, 15) is 14.9 Å². The minimum absolute atomic E-state index is 0.0646. The fourth-order valence-corrected chi connectivity index (χ4v) is 3.37. The zero-order valence-corrected chi connectivity index (χ0v) is 16.0. The molecule has 1 aromatic carbocycles. The van der Waals surface area contributed by atoms with Gasteiger partial charge in [-0.15, -0.1) is 0 Å². The Labute approximate surface area is 163 Å². The fourth-order valence-electron chi connectivity index (χ4n) is 3.37. The molecule has 8 nitrogen and oxygen atoms in total. The SMILES string of the molecule is CC(Nc1ccc(C(=O)NC2CCNCC2C)cc1[N+](=O)[O-])c1ccccn1. The lowest BCUT2D eigenvalue weighted by Crippen LogP contribution is -2.48. The molecule has 1 amide bonds. The molecular formula is C20H25N5O3. The van der Waals surface area contributed by atoms with E-state index >= 15 is 0 Å². The number of aromatic nitrogens is 1. The molecule has 0 radical (unpaired) electrons. The van der Waals surface area contributed by atoms with Gasteiger partial charge < -0.3 is 16.0 Å². The second-order valence-corrected chi connectivity index (χ2v) is 7.16. The molecule has 1 saturated heterocycles. The van der Waals surface area contributed by atoms with E-state index in [0.29, 0.717) is 11.6 Å². The lowest BCUT2D eigenvalue weighted by atomic mass is 9.95. The Morgan fingerprint density at radius 1 is 1.36 bits per heavy atom. The van der Waals surface area contributed by atoms with E-state index < -0.39 is 4.92 Å². The minimum atomic E-state index is -0.475. The number of nitrogens with one attached hydrogen (secondary N) is 3. The highest BCUT2D eigenvalue weighted by molar-refractivity contribution is 5.96. The number of benzene rings is 1. The van der Waals surface area contributed by atoms with Crippen molar-refractivity contribution in [2.45, 2.75) is 32.4 Å². The van der Waals surface area contributed by atoms with Crippen LogP contribution in [0.15, 0.2) is 42.6 Å². The summed E-state index contributed by atoms with van der Waals surface area (Å²) in [7, 11) is 0. The van der Waals surface area contributed by atoms with Crippen molar-refractivity contribution in [3.8, 4) is 0 Å². The van der Waals surface area contributed by atoms with Crippen LogP contribution in [0.25, 0.3) is 0 Å². The van der Waals surface area contributed by atoms with Gasteiger partial charge in [0.1, 0.15) is 5.69 Å². The third-order valence-electron chi connectivity index (χ3n) is 5.06. The predicted octanol–water partition coefficient (Wildman–Crippen LogP) is 2.89. The molecule has 1 aromatic heterocycles. The van der Waals surface area contributed by atoms with Crippen LogP contribution in [-0.2, 0) is 0 Å². The largest absolute Gasteiger partial charge is 0.371 e. The molecule has 3 atom stereocenters. The second-order valence-electron chi connectivity index (χ2n) is 7.16. The lowest BCUT2D eigenvalue weighted by Gasteiger charge is -2.30. The van der Waals surface area contributed by atoms with Gasteiger partial charge >= 0.3 is 0 Å². The van der Waals surface area contributed by atoms with Gasteiger partial charge in [0.25, 0.3) is 11.6 Å². The first-order valence-electron chi connectivity index (χ1n) is 9.43. The first-order chi connectivity index (χ1) is 13.5. The predicted molar refractivity (Wildman–Crippen MR) is 107 cm³/mol. The van der Waals surface area contributed by atoms with E-state index in [0.717, 1.165) is 25.2 Å². The second kappa shape index (κ2) is 8.79. The molecule has 0 bridgehead atoms. The van der Waals surface area contributed by atoms with Crippen molar-refractivity contribution in [2.24, 2.45) is 5.92 Å². The van der Waals surface area contributed by atoms with Crippen LogP contribution in [0.1, 0.15) is 42.4 Å². The normalized spacial score (nSPS) is 20.2. The number of hydrogen-bond donors (Lipinski definition) is 3. The number of pyridine rings is 1. The van der Waals surface area contributed by atoms with Gasteiger partial charge in [-0.05, 0) is 56.6 Å². The van der Waals surface area contributed by atoms with E-state index in [-0.39, 0.29) is 29.2 Å². The molecule has 28 heavy (non-hydrogen) atoms. The summed E-state index contributed by atoms with van der Waals surface area (Å²) in [6, 6.07) is 9.91. The number of nitro groups is 1. The standard InChI is InChI=1S/C20H25N5O3/c1-13-12-21-10-8-16(13)24-20(26)15-6-7-18(19(11-15)25(27)28)23-14(2)17-5-3-4-9-22-17/h3-7,9,11,13-14,16,21,23H,8,10,12H2,1-2H3,(H,24,26). The van der Waals surface area contributed by atoms with Gasteiger partial charge in [0, 0.05) is 23.9 Å². The summed E-state index contributed by atoms with van der Waals surface area (Å²) in [6.07, 6.45) is 2.52. The number of amides is 1. The van der Waals surface area contributed by atoms with Crippen LogP contribution in [0.3, 0.4) is 0 Å². The van der Waals surface area contributed by atoms with E-state index in [1.54, 1.807) is 18.3 Å². The summed E-state index contributed by atoms with van der Waals surface area (Å²) in [5.41, 5.74) is 1.29. The van der Waals surface area contributed by atoms with Gasteiger partial charge in [-0.1, -0.05) is 13.0 Å². The molecule has 2 heterocycles. The third kappa shape index (κ3) is 4.64. The number of piperidine rings is 1. The van der Waals surface area contributed by atoms with Gasteiger partial charge in [-0.25, -0.2) is 0 Å². The Balaban J connectivity index is 1.77. The van der Waals surface area contributed by atoms with Crippen molar-refractivity contribution in [3.05, 3.63) is 64.0 Å². The fraction of sp³-hybridized carbons (Fsp3) is 0.400. The van der Waals surface area contributed by atoms with Crippen LogP contribution in [0, 0.1) is 16.0 Å². The van der Waals surface area contributed by atoms with Crippen molar-refractivity contribution >= 4 is 17.3 Å². The summed E-state index contributed by atoms with van der Waals surface area (Å²) in [6.45, 7) is 5.65. The van der Waals surface area contributed by atoms with Crippen LogP contribution >= 0.6 is 0 Å². The number of anilines is 1. The number of rotatable bonds is 6.